The molecular weight excluding hydrogens is 389 g/mol. The molecule has 7 heteroatoms. The normalized spacial score (nSPS) is 14.1. The summed E-state index contributed by atoms with van der Waals surface area (Å²) < 4.78 is 19.7. The zero-order chi connectivity index (χ0) is 20.2. The predicted octanol–water partition coefficient (Wildman–Crippen LogP) is 4.13. The quantitative estimate of drug-likeness (QED) is 0.633. The SMILES string of the molecule is Cc1csc(COc2ccc(C(=O)N3CCN(c4ccccc4F)CC3)cc2)n1. The lowest BCUT2D eigenvalue weighted by molar-refractivity contribution is 0.0746. The maximum atomic E-state index is 14.0. The van der Waals surface area contributed by atoms with Crippen molar-refractivity contribution in [2.45, 2.75) is 13.5 Å². The Kier molecular flexibility index (Phi) is 5.76. The third-order valence-electron chi connectivity index (χ3n) is 4.89. The summed E-state index contributed by atoms with van der Waals surface area (Å²) in [4.78, 5) is 21.0. The van der Waals surface area contributed by atoms with Crippen LogP contribution in [-0.4, -0.2) is 42.0 Å². The molecular formula is C22H22FN3O2S. The van der Waals surface area contributed by atoms with E-state index in [0.29, 0.717) is 49.8 Å². The molecule has 1 saturated heterocycles. The van der Waals surface area contributed by atoms with Crippen molar-refractivity contribution in [3.63, 3.8) is 0 Å². The molecule has 3 aromatic rings. The minimum atomic E-state index is -0.226. The monoisotopic (exact) mass is 411 g/mol. The molecule has 0 saturated carbocycles. The van der Waals surface area contributed by atoms with Gasteiger partial charge in [0.2, 0.25) is 0 Å². The molecule has 0 radical (unpaired) electrons. The molecule has 150 valence electrons. The van der Waals surface area contributed by atoms with E-state index in [4.69, 9.17) is 4.74 Å². The van der Waals surface area contributed by atoms with E-state index in [1.165, 1.54) is 6.07 Å². The van der Waals surface area contributed by atoms with Crippen LogP contribution >= 0.6 is 11.3 Å². The van der Waals surface area contributed by atoms with E-state index in [1.54, 1.807) is 35.6 Å². The molecule has 0 bridgehead atoms. The summed E-state index contributed by atoms with van der Waals surface area (Å²) >= 11 is 1.57. The Balaban J connectivity index is 1.32. The van der Waals surface area contributed by atoms with Crippen molar-refractivity contribution in [2.75, 3.05) is 31.1 Å². The van der Waals surface area contributed by atoms with Crippen molar-refractivity contribution in [3.8, 4) is 5.75 Å². The van der Waals surface area contributed by atoms with E-state index in [1.807, 2.05) is 40.3 Å². The van der Waals surface area contributed by atoms with Crippen LogP contribution in [0, 0.1) is 12.7 Å². The van der Waals surface area contributed by atoms with Crippen LogP contribution < -0.4 is 9.64 Å². The Morgan fingerprint density at radius 1 is 1.10 bits per heavy atom. The van der Waals surface area contributed by atoms with Gasteiger partial charge in [0.15, 0.2) is 0 Å². The summed E-state index contributed by atoms with van der Waals surface area (Å²) in [6.45, 7) is 4.73. The zero-order valence-corrected chi connectivity index (χ0v) is 17.0. The van der Waals surface area contributed by atoms with Crippen molar-refractivity contribution >= 4 is 22.9 Å². The number of hydrogen-bond donors (Lipinski definition) is 0. The van der Waals surface area contributed by atoms with Crippen molar-refractivity contribution in [1.82, 2.24) is 9.88 Å². The number of aryl methyl sites for hydroxylation is 1. The molecule has 1 aromatic heterocycles. The van der Waals surface area contributed by atoms with Crippen LogP contribution in [0.2, 0.25) is 0 Å². The van der Waals surface area contributed by atoms with Crippen LogP contribution in [0.15, 0.2) is 53.9 Å². The average Bonchev–Trinajstić information content (AvgIpc) is 3.18. The first-order chi connectivity index (χ1) is 14.1. The van der Waals surface area contributed by atoms with Crippen molar-refractivity contribution in [1.29, 1.82) is 0 Å². The molecule has 5 nitrogen and oxygen atoms in total. The molecule has 0 aliphatic carbocycles. The van der Waals surface area contributed by atoms with Crippen LogP contribution in [-0.2, 0) is 6.61 Å². The zero-order valence-electron chi connectivity index (χ0n) is 16.2. The highest BCUT2D eigenvalue weighted by molar-refractivity contribution is 7.09. The summed E-state index contributed by atoms with van der Waals surface area (Å²) in [6, 6.07) is 13.9. The minimum absolute atomic E-state index is 0.0136. The fourth-order valence-electron chi connectivity index (χ4n) is 3.35. The highest BCUT2D eigenvalue weighted by atomic mass is 32.1. The van der Waals surface area contributed by atoms with Crippen LogP contribution in [0.25, 0.3) is 0 Å². The highest BCUT2D eigenvalue weighted by Crippen LogP contribution is 2.21. The van der Waals surface area contributed by atoms with Crippen LogP contribution in [0.3, 0.4) is 0 Å². The standard InChI is InChI=1S/C22H22FN3O2S/c1-16-15-29-21(24-16)14-28-18-8-6-17(7-9-18)22(27)26-12-10-25(11-13-26)20-5-3-2-4-19(20)23/h2-9,15H,10-14H2,1H3. The molecule has 0 N–H and O–H groups in total. The summed E-state index contributed by atoms with van der Waals surface area (Å²) in [6.07, 6.45) is 0. The van der Waals surface area contributed by atoms with Gasteiger partial charge in [-0.1, -0.05) is 12.1 Å². The van der Waals surface area contributed by atoms with Crippen molar-refractivity contribution in [2.24, 2.45) is 0 Å². The molecule has 29 heavy (non-hydrogen) atoms. The van der Waals surface area contributed by atoms with Gasteiger partial charge >= 0.3 is 0 Å². The summed E-state index contributed by atoms with van der Waals surface area (Å²) in [5.41, 5.74) is 2.21. The Hall–Kier alpha value is -2.93. The Labute approximate surface area is 173 Å². The number of amides is 1. The lowest BCUT2D eigenvalue weighted by Crippen LogP contribution is -2.49. The number of rotatable bonds is 5. The number of anilines is 1. The molecule has 1 aliphatic rings. The number of nitrogens with zero attached hydrogens (tertiary/aromatic N) is 3. The summed E-state index contributed by atoms with van der Waals surface area (Å²) in [7, 11) is 0. The van der Waals surface area contributed by atoms with Crippen molar-refractivity contribution in [3.05, 3.63) is 76.0 Å². The van der Waals surface area contributed by atoms with Gasteiger partial charge in [-0.2, -0.15) is 0 Å². The van der Waals surface area contributed by atoms with E-state index in [0.717, 1.165) is 10.7 Å². The number of halogens is 1. The number of ether oxygens (including phenoxy) is 1. The van der Waals surface area contributed by atoms with E-state index in [2.05, 4.69) is 4.98 Å². The van der Waals surface area contributed by atoms with E-state index in [9.17, 15) is 9.18 Å². The third-order valence-corrected chi connectivity index (χ3v) is 5.83. The first kappa shape index (κ1) is 19.4. The maximum Gasteiger partial charge on any atom is 0.253 e. The number of thiazole rings is 1. The summed E-state index contributed by atoms with van der Waals surface area (Å²) in [5, 5.41) is 2.92. The first-order valence-electron chi connectivity index (χ1n) is 9.53. The summed E-state index contributed by atoms with van der Waals surface area (Å²) in [5.74, 6) is 0.467. The largest absolute Gasteiger partial charge is 0.486 e. The number of carbonyl (C=O) groups is 1. The Morgan fingerprint density at radius 3 is 2.48 bits per heavy atom. The molecule has 2 aromatic carbocycles. The fourth-order valence-corrected chi connectivity index (χ4v) is 4.03. The van der Waals surface area contributed by atoms with Gasteiger partial charge in [-0.3, -0.25) is 4.79 Å². The van der Waals surface area contributed by atoms with Gasteiger partial charge in [0.1, 0.15) is 23.2 Å². The molecule has 2 heterocycles. The third kappa shape index (κ3) is 4.56. The highest BCUT2D eigenvalue weighted by Gasteiger charge is 2.23. The predicted molar refractivity (Wildman–Crippen MR) is 112 cm³/mol. The van der Waals surface area contributed by atoms with Gasteiger partial charge in [-0.25, -0.2) is 9.37 Å². The van der Waals surface area contributed by atoms with Gasteiger partial charge in [-0.05, 0) is 43.3 Å². The lowest BCUT2D eigenvalue weighted by Gasteiger charge is -2.36. The second-order valence-corrected chi connectivity index (χ2v) is 7.87. The number of piperazine rings is 1. The molecule has 1 aliphatic heterocycles. The second-order valence-electron chi connectivity index (χ2n) is 6.93. The number of hydrogen-bond acceptors (Lipinski definition) is 5. The number of aromatic nitrogens is 1. The molecule has 0 spiro atoms. The van der Waals surface area contributed by atoms with Crippen LogP contribution in [0.4, 0.5) is 10.1 Å². The Bertz CT molecular complexity index is 982. The number of benzene rings is 2. The van der Waals surface area contributed by atoms with Gasteiger partial charge in [0, 0.05) is 42.8 Å². The second kappa shape index (κ2) is 8.61. The topological polar surface area (TPSA) is 45.7 Å². The van der Waals surface area contributed by atoms with E-state index >= 15 is 0 Å². The van der Waals surface area contributed by atoms with Gasteiger partial charge in [0.25, 0.3) is 5.91 Å². The number of para-hydroxylation sites is 1. The van der Waals surface area contributed by atoms with E-state index < -0.39 is 0 Å². The Morgan fingerprint density at radius 2 is 1.83 bits per heavy atom. The molecule has 1 amide bonds. The van der Waals surface area contributed by atoms with Crippen LogP contribution in [0.1, 0.15) is 21.1 Å². The average molecular weight is 412 g/mol. The molecule has 1 fully saturated rings. The first-order valence-corrected chi connectivity index (χ1v) is 10.4. The lowest BCUT2D eigenvalue weighted by atomic mass is 10.1. The molecule has 0 atom stereocenters. The molecule has 0 unspecified atom stereocenters. The van der Waals surface area contributed by atoms with Crippen LogP contribution in [0.5, 0.6) is 5.75 Å². The van der Waals surface area contributed by atoms with Crippen molar-refractivity contribution < 1.29 is 13.9 Å². The van der Waals surface area contributed by atoms with E-state index in [-0.39, 0.29) is 11.7 Å². The minimum Gasteiger partial charge on any atom is -0.486 e. The van der Waals surface area contributed by atoms with Gasteiger partial charge in [-0.15, -0.1) is 11.3 Å². The van der Waals surface area contributed by atoms with Gasteiger partial charge < -0.3 is 14.5 Å². The fraction of sp³-hybridized carbons (Fsp3) is 0.273. The molecule has 4 rings (SSSR count). The smallest absolute Gasteiger partial charge is 0.253 e. The maximum absolute atomic E-state index is 14.0. The van der Waals surface area contributed by atoms with Gasteiger partial charge in [0.05, 0.1) is 5.69 Å². The number of carbonyl (C=O) groups excluding carboxylic acids is 1.